The van der Waals surface area contributed by atoms with Crippen LogP contribution in [-0.4, -0.2) is 28.3 Å². The second-order valence-corrected chi connectivity index (χ2v) is 6.90. The highest BCUT2D eigenvalue weighted by Gasteiger charge is 2.21. The lowest BCUT2D eigenvalue weighted by atomic mass is 9.90. The van der Waals surface area contributed by atoms with Gasteiger partial charge in [-0.05, 0) is 48.9 Å². The molecule has 2 aromatic carbocycles. The van der Waals surface area contributed by atoms with Crippen LogP contribution in [-0.2, 0) is 6.42 Å². The molecule has 0 aliphatic carbocycles. The molecule has 0 saturated carbocycles. The molecule has 0 bridgehead atoms. The first-order valence-corrected chi connectivity index (χ1v) is 9.27. The Labute approximate surface area is 158 Å². The highest BCUT2D eigenvalue weighted by molar-refractivity contribution is 5.56. The lowest BCUT2D eigenvalue weighted by molar-refractivity contribution is 0.400. The maximum Gasteiger partial charge on any atom is 0.247 e. The van der Waals surface area contributed by atoms with Gasteiger partial charge in [0.25, 0.3) is 0 Å². The molecule has 1 aliphatic heterocycles. The van der Waals surface area contributed by atoms with Gasteiger partial charge in [0.2, 0.25) is 5.95 Å². The summed E-state index contributed by atoms with van der Waals surface area (Å²) in [5.41, 5.74) is 2.04. The fourth-order valence-electron chi connectivity index (χ4n) is 3.49. The molecular weight excluding hydrogens is 341 g/mol. The molecule has 3 aromatic rings. The number of hydrogen-bond donors (Lipinski definition) is 1. The molecule has 1 saturated heterocycles. The molecular formula is C21H22FN5. The fourth-order valence-corrected chi connectivity index (χ4v) is 3.49. The zero-order valence-corrected chi connectivity index (χ0v) is 15.1. The number of halogens is 1. The van der Waals surface area contributed by atoms with E-state index in [1.54, 1.807) is 18.3 Å². The minimum Gasteiger partial charge on any atom is -0.339 e. The van der Waals surface area contributed by atoms with Crippen LogP contribution in [0.25, 0.3) is 0 Å². The van der Waals surface area contributed by atoms with E-state index < -0.39 is 0 Å². The van der Waals surface area contributed by atoms with Crippen molar-refractivity contribution < 1.29 is 4.39 Å². The molecule has 6 heteroatoms. The van der Waals surface area contributed by atoms with E-state index in [9.17, 15) is 4.39 Å². The largest absolute Gasteiger partial charge is 0.339 e. The van der Waals surface area contributed by atoms with Crippen molar-refractivity contribution in [3.63, 3.8) is 0 Å². The first kappa shape index (κ1) is 17.4. The first-order valence-electron chi connectivity index (χ1n) is 9.27. The molecule has 2 heterocycles. The van der Waals surface area contributed by atoms with Gasteiger partial charge in [0.1, 0.15) is 5.82 Å². The zero-order valence-electron chi connectivity index (χ0n) is 15.1. The molecule has 138 valence electrons. The SMILES string of the molecule is Fc1cccc(Nc2cnnc(N3CCC(Cc4ccccc4)CC3)n2)c1. The molecule has 0 amide bonds. The van der Waals surface area contributed by atoms with Gasteiger partial charge in [-0.15, -0.1) is 5.10 Å². The monoisotopic (exact) mass is 363 g/mol. The van der Waals surface area contributed by atoms with Crippen LogP contribution < -0.4 is 10.2 Å². The van der Waals surface area contributed by atoms with Gasteiger partial charge in [0.15, 0.2) is 5.82 Å². The van der Waals surface area contributed by atoms with Crippen molar-refractivity contribution in [1.82, 2.24) is 15.2 Å². The van der Waals surface area contributed by atoms with Gasteiger partial charge >= 0.3 is 0 Å². The molecule has 0 atom stereocenters. The second-order valence-electron chi connectivity index (χ2n) is 6.90. The molecule has 1 fully saturated rings. The summed E-state index contributed by atoms with van der Waals surface area (Å²) < 4.78 is 13.3. The lowest BCUT2D eigenvalue weighted by Gasteiger charge is -2.31. The van der Waals surface area contributed by atoms with Crippen LogP contribution in [0.3, 0.4) is 0 Å². The van der Waals surface area contributed by atoms with Gasteiger partial charge in [0.05, 0.1) is 6.20 Å². The van der Waals surface area contributed by atoms with E-state index in [0.717, 1.165) is 32.4 Å². The number of nitrogens with one attached hydrogen (secondary N) is 1. The van der Waals surface area contributed by atoms with E-state index in [0.29, 0.717) is 23.4 Å². The molecule has 5 nitrogen and oxygen atoms in total. The van der Waals surface area contributed by atoms with Crippen LogP contribution in [0.4, 0.5) is 21.8 Å². The predicted octanol–water partition coefficient (Wildman–Crippen LogP) is 4.21. The maximum absolute atomic E-state index is 13.3. The number of benzene rings is 2. The standard InChI is InChI=1S/C21H22FN5/c22-18-7-4-8-19(14-18)24-20-15-23-26-21(25-20)27-11-9-17(10-12-27)13-16-5-2-1-3-6-16/h1-8,14-15,17H,9-13H2,(H,24,25,26). The van der Waals surface area contributed by atoms with Crippen LogP contribution in [0.15, 0.2) is 60.8 Å². The minimum absolute atomic E-state index is 0.289. The number of anilines is 3. The Balaban J connectivity index is 1.37. The smallest absolute Gasteiger partial charge is 0.247 e. The van der Waals surface area contributed by atoms with Crippen molar-refractivity contribution >= 4 is 17.5 Å². The normalized spacial score (nSPS) is 14.9. The third-order valence-electron chi connectivity index (χ3n) is 4.91. The van der Waals surface area contributed by atoms with Crippen LogP contribution >= 0.6 is 0 Å². The number of hydrogen-bond acceptors (Lipinski definition) is 5. The van der Waals surface area contributed by atoms with Gasteiger partial charge in [-0.1, -0.05) is 36.4 Å². The minimum atomic E-state index is -0.289. The van der Waals surface area contributed by atoms with Crippen molar-refractivity contribution in [2.24, 2.45) is 5.92 Å². The summed E-state index contributed by atoms with van der Waals surface area (Å²) in [5, 5.41) is 11.3. The summed E-state index contributed by atoms with van der Waals surface area (Å²) in [6, 6.07) is 16.9. The Morgan fingerprint density at radius 1 is 1.04 bits per heavy atom. The van der Waals surface area contributed by atoms with E-state index in [1.807, 2.05) is 0 Å². The van der Waals surface area contributed by atoms with Crippen molar-refractivity contribution in [2.45, 2.75) is 19.3 Å². The summed E-state index contributed by atoms with van der Waals surface area (Å²) in [7, 11) is 0. The van der Waals surface area contributed by atoms with Crippen molar-refractivity contribution in [1.29, 1.82) is 0 Å². The summed E-state index contributed by atoms with van der Waals surface area (Å²) in [5.74, 6) is 1.58. The molecule has 1 N–H and O–H groups in total. The van der Waals surface area contributed by atoms with Crippen molar-refractivity contribution in [3.05, 3.63) is 72.2 Å². The van der Waals surface area contributed by atoms with Crippen LogP contribution in [0.5, 0.6) is 0 Å². The van der Waals surface area contributed by atoms with Crippen molar-refractivity contribution in [3.8, 4) is 0 Å². The topological polar surface area (TPSA) is 53.9 Å². The van der Waals surface area contributed by atoms with E-state index >= 15 is 0 Å². The van der Waals surface area contributed by atoms with Gasteiger partial charge in [-0.2, -0.15) is 10.1 Å². The molecule has 1 aliphatic rings. The van der Waals surface area contributed by atoms with E-state index in [1.165, 1.54) is 17.7 Å². The summed E-state index contributed by atoms with van der Waals surface area (Å²) in [6.45, 7) is 1.84. The van der Waals surface area contributed by atoms with E-state index in [2.05, 4.69) is 55.7 Å². The van der Waals surface area contributed by atoms with Gasteiger partial charge in [0, 0.05) is 18.8 Å². The van der Waals surface area contributed by atoms with Crippen LogP contribution in [0.2, 0.25) is 0 Å². The Morgan fingerprint density at radius 2 is 1.85 bits per heavy atom. The summed E-state index contributed by atoms with van der Waals surface area (Å²) >= 11 is 0. The predicted molar refractivity (Wildman–Crippen MR) is 105 cm³/mol. The Kier molecular flexibility index (Phi) is 5.23. The van der Waals surface area contributed by atoms with E-state index in [4.69, 9.17) is 0 Å². The zero-order chi connectivity index (χ0) is 18.5. The first-order chi connectivity index (χ1) is 13.3. The summed E-state index contributed by atoms with van der Waals surface area (Å²) in [4.78, 5) is 6.72. The number of aromatic nitrogens is 3. The molecule has 0 unspecified atom stereocenters. The quantitative estimate of drug-likeness (QED) is 0.736. The average Bonchev–Trinajstić information content (AvgIpc) is 2.70. The van der Waals surface area contributed by atoms with Gasteiger partial charge in [-0.25, -0.2) is 4.39 Å². The molecule has 27 heavy (non-hydrogen) atoms. The van der Waals surface area contributed by atoms with Crippen molar-refractivity contribution in [2.75, 3.05) is 23.3 Å². The molecule has 1 aromatic heterocycles. The molecule has 4 rings (SSSR count). The average molecular weight is 363 g/mol. The number of nitrogens with zero attached hydrogens (tertiary/aromatic N) is 4. The fraction of sp³-hybridized carbons (Fsp3) is 0.286. The number of rotatable bonds is 5. The van der Waals surface area contributed by atoms with Crippen LogP contribution in [0, 0.1) is 11.7 Å². The van der Waals surface area contributed by atoms with Gasteiger partial charge in [-0.3, -0.25) is 0 Å². The molecule has 0 radical (unpaired) electrons. The highest BCUT2D eigenvalue weighted by atomic mass is 19.1. The second kappa shape index (κ2) is 8.12. The Morgan fingerprint density at radius 3 is 2.63 bits per heavy atom. The third kappa shape index (κ3) is 4.58. The highest BCUT2D eigenvalue weighted by Crippen LogP contribution is 2.24. The maximum atomic E-state index is 13.3. The van der Waals surface area contributed by atoms with Gasteiger partial charge < -0.3 is 10.2 Å². The summed E-state index contributed by atoms with van der Waals surface area (Å²) in [6.07, 6.45) is 4.89. The molecule has 0 spiro atoms. The van der Waals surface area contributed by atoms with Crippen LogP contribution in [0.1, 0.15) is 18.4 Å². The lowest BCUT2D eigenvalue weighted by Crippen LogP contribution is -2.35. The number of piperidine rings is 1. The Hall–Kier alpha value is -3.02. The van der Waals surface area contributed by atoms with E-state index in [-0.39, 0.29) is 5.82 Å². The third-order valence-corrected chi connectivity index (χ3v) is 4.91. The Bertz CT molecular complexity index is 879.